The van der Waals surface area contributed by atoms with Crippen LogP contribution in [-0.2, 0) is 16.1 Å². The van der Waals surface area contributed by atoms with Gasteiger partial charge in [-0.2, -0.15) is 0 Å². The molecule has 0 aromatic heterocycles. The fraction of sp³-hybridized carbons (Fsp3) is 0.409. The van der Waals surface area contributed by atoms with Crippen molar-refractivity contribution in [2.24, 2.45) is 0 Å². The van der Waals surface area contributed by atoms with Gasteiger partial charge in [0.1, 0.15) is 0 Å². The number of carbonyl (C=O) groups excluding carboxylic acids is 1. The first-order chi connectivity index (χ1) is 13.2. The van der Waals surface area contributed by atoms with E-state index in [0.717, 1.165) is 31.5 Å². The van der Waals surface area contributed by atoms with E-state index >= 15 is 0 Å². The first kappa shape index (κ1) is 19.9. The maximum Gasteiger partial charge on any atom is 0.232 e. The number of ether oxygens (including phenoxy) is 1. The molecular weight excluding hydrogens is 358 g/mol. The van der Waals surface area contributed by atoms with Gasteiger partial charge in [0.25, 0.3) is 0 Å². The molecule has 1 fully saturated rings. The van der Waals surface area contributed by atoms with E-state index in [0.29, 0.717) is 18.1 Å². The van der Waals surface area contributed by atoms with Crippen LogP contribution < -0.4 is 0 Å². The number of aliphatic hydroxyl groups is 1. The van der Waals surface area contributed by atoms with Gasteiger partial charge in [0.05, 0.1) is 24.6 Å². The molecule has 1 unspecified atom stereocenters. The summed E-state index contributed by atoms with van der Waals surface area (Å²) in [5.74, 6) is 1.10. The van der Waals surface area contributed by atoms with Gasteiger partial charge in [-0.15, -0.1) is 11.8 Å². The standard InChI is InChI=1S/C22H27NO3S/c24-21(19-9-5-2-6-10-19)16-27-17-22(25)23-13-11-20(12-14-23)26-15-18-7-3-1-4-8-18/h1-10,20-21,24H,11-17H2. The zero-order valence-electron chi connectivity index (χ0n) is 15.5. The Morgan fingerprint density at radius 3 is 2.37 bits per heavy atom. The third-order valence-corrected chi connectivity index (χ3v) is 5.81. The molecule has 4 nitrogen and oxygen atoms in total. The minimum absolute atomic E-state index is 0.154. The molecule has 1 saturated heterocycles. The van der Waals surface area contributed by atoms with E-state index in [1.807, 2.05) is 53.4 Å². The zero-order valence-corrected chi connectivity index (χ0v) is 16.3. The van der Waals surface area contributed by atoms with Crippen molar-refractivity contribution in [1.82, 2.24) is 4.90 Å². The molecule has 1 amide bonds. The van der Waals surface area contributed by atoms with Gasteiger partial charge < -0.3 is 14.7 Å². The van der Waals surface area contributed by atoms with Crippen molar-refractivity contribution in [2.45, 2.75) is 31.7 Å². The number of hydrogen-bond acceptors (Lipinski definition) is 4. The van der Waals surface area contributed by atoms with Gasteiger partial charge >= 0.3 is 0 Å². The first-order valence-corrected chi connectivity index (χ1v) is 10.6. The summed E-state index contributed by atoms with van der Waals surface area (Å²) in [5, 5.41) is 10.2. The van der Waals surface area contributed by atoms with Gasteiger partial charge in [0.2, 0.25) is 5.91 Å². The highest BCUT2D eigenvalue weighted by atomic mass is 32.2. The van der Waals surface area contributed by atoms with E-state index in [2.05, 4.69) is 12.1 Å². The molecule has 2 aromatic carbocycles. The number of hydrogen-bond donors (Lipinski definition) is 1. The third kappa shape index (κ3) is 6.38. The largest absolute Gasteiger partial charge is 0.388 e. The maximum absolute atomic E-state index is 12.4. The molecule has 0 saturated carbocycles. The molecule has 1 heterocycles. The second-order valence-electron chi connectivity index (χ2n) is 6.82. The predicted octanol–water partition coefficient (Wildman–Crippen LogP) is 3.66. The highest BCUT2D eigenvalue weighted by Crippen LogP contribution is 2.20. The van der Waals surface area contributed by atoms with Crippen LogP contribution >= 0.6 is 11.8 Å². The summed E-state index contributed by atoms with van der Waals surface area (Å²) in [6.07, 6.45) is 1.47. The van der Waals surface area contributed by atoms with E-state index in [4.69, 9.17) is 4.74 Å². The summed E-state index contributed by atoms with van der Waals surface area (Å²) in [5.41, 5.74) is 2.08. The Morgan fingerprint density at radius 1 is 1.07 bits per heavy atom. The minimum atomic E-state index is -0.527. The molecule has 3 rings (SSSR count). The monoisotopic (exact) mass is 385 g/mol. The summed E-state index contributed by atoms with van der Waals surface area (Å²) in [6.45, 7) is 2.13. The number of amides is 1. The lowest BCUT2D eigenvalue weighted by Gasteiger charge is -2.32. The Hall–Kier alpha value is -1.82. The molecule has 0 bridgehead atoms. The summed E-state index contributed by atoms with van der Waals surface area (Å²) < 4.78 is 5.98. The molecule has 144 valence electrons. The lowest BCUT2D eigenvalue weighted by atomic mass is 10.1. The highest BCUT2D eigenvalue weighted by Gasteiger charge is 2.23. The highest BCUT2D eigenvalue weighted by molar-refractivity contribution is 7.99. The van der Waals surface area contributed by atoms with Crippen LogP contribution in [0.2, 0.25) is 0 Å². The minimum Gasteiger partial charge on any atom is -0.388 e. The molecule has 2 aromatic rings. The van der Waals surface area contributed by atoms with Crippen LogP contribution in [0, 0.1) is 0 Å². The maximum atomic E-state index is 12.4. The van der Waals surface area contributed by atoms with Crippen LogP contribution in [0.1, 0.15) is 30.1 Å². The predicted molar refractivity (Wildman–Crippen MR) is 110 cm³/mol. The third-order valence-electron chi connectivity index (χ3n) is 4.81. The van der Waals surface area contributed by atoms with Crippen LogP contribution in [0.25, 0.3) is 0 Å². The molecule has 1 N–H and O–H groups in total. The van der Waals surface area contributed by atoms with E-state index < -0.39 is 6.10 Å². The van der Waals surface area contributed by atoms with Gasteiger partial charge in [-0.1, -0.05) is 60.7 Å². The van der Waals surface area contributed by atoms with E-state index in [1.165, 1.54) is 17.3 Å². The van der Waals surface area contributed by atoms with Gasteiger partial charge in [0, 0.05) is 18.8 Å². The average molecular weight is 386 g/mol. The summed E-state index contributed by atoms with van der Waals surface area (Å²) in [7, 11) is 0. The number of piperidine rings is 1. The number of rotatable bonds is 8. The average Bonchev–Trinajstić information content (AvgIpc) is 2.74. The molecule has 0 aliphatic carbocycles. The zero-order chi connectivity index (χ0) is 18.9. The molecule has 5 heteroatoms. The number of carbonyl (C=O) groups is 1. The Bertz CT molecular complexity index is 687. The quantitative estimate of drug-likeness (QED) is 0.753. The van der Waals surface area contributed by atoms with Crippen molar-refractivity contribution in [3.05, 3.63) is 71.8 Å². The second kappa shape index (κ2) is 10.5. The molecule has 27 heavy (non-hydrogen) atoms. The number of thioether (sulfide) groups is 1. The summed E-state index contributed by atoms with van der Waals surface area (Å²) in [6, 6.07) is 19.8. The number of likely N-dealkylation sites (tertiary alicyclic amines) is 1. The smallest absolute Gasteiger partial charge is 0.232 e. The second-order valence-corrected chi connectivity index (χ2v) is 7.85. The van der Waals surface area contributed by atoms with Gasteiger partial charge in [-0.05, 0) is 24.0 Å². The van der Waals surface area contributed by atoms with Crippen molar-refractivity contribution in [3.8, 4) is 0 Å². The molecule has 1 aliphatic heterocycles. The van der Waals surface area contributed by atoms with Crippen LogP contribution in [0.3, 0.4) is 0 Å². The molecule has 1 atom stereocenters. The fourth-order valence-corrected chi connectivity index (χ4v) is 4.07. The van der Waals surface area contributed by atoms with Gasteiger partial charge in [-0.25, -0.2) is 0 Å². The number of nitrogens with zero attached hydrogens (tertiary/aromatic N) is 1. The van der Waals surface area contributed by atoms with Gasteiger partial charge in [0.15, 0.2) is 0 Å². The molecule has 0 spiro atoms. The van der Waals surface area contributed by atoms with Crippen molar-refractivity contribution in [3.63, 3.8) is 0 Å². The molecule has 1 aliphatic rings. The van der Waals surface area contributed by atoms with E-state index in [-0.39, 0.29) is 12.0 Å². The Balaban J connectivity index is 1.32. The van der Waals surface area contributed by atoms with Crippen LogP contribution in [0.4, 0.5) is 0 Å². The summed E-state index contributed by atoms with van der Waals surface area (Å²) in [4.78, 5) is 14.3. The molecule has 0 radical (unpaired) electrons. The fourth-order valence-electron chi connectivity index (χ4n) is 3.18. The topological polar surface area (TPSA) is 49.8 Å². The Labute approximate surface area is 165 Å². The van der Waals surface area contributed by atoms with Crippen molar-refractivity contribution < 1.29 is 14.6 Å². The number of aliphatic hydroxyl groups excluding tert-OH is 1. The van der Waals surface area contributed by atoms with Crippen molar-refractivity contribution in [2.75, 3.05) is 24.6 Å². The van der Waals surface area contributed by atoms with E-state index in [9.17, 15) is 9.90 Å². The lowest BCUT2D eigenvalue weighted by Crippen LogP contribution is -2.41. The van der Waals surface area contributed by atoms with Crippen molar-refractivity contribution >= 4 is 17.7 Å². The number of benzene rings is 2. The van der Waals surface area contributed by atoms with E-state index in [1.54, 1.807) is 0 Å². The van der Waals surface area contributed by atoms with Gasteiger partial charge in [-0.3, -0.25) is 4.79 Å². The van der Waals surface area contributed by atoms with Crippen molar-refractivity contribution in [1.29, 1.82) is 0 Å². The summed E-state index contributed by atoms with van der Waals surface area (Å²) >= 11 is 1.49. The van der Waals surface area contributed by atoms with Crippen LogP contribution in [0.5, 0.6) is 0 Å². The normalized spacial score (nSPS) is 16.3. The Morgan fingerprint density at radius 2 is 1.70 bits per heavy atom. The SMILES string of the molecule is O=C(CSCC(O)c1ccccc1)N1CCC(OCc2ccccc2)CC1. The Kier molecular flexibility index (Phi) is 7.75. The van der Waals surface area contributed by atoms with Crippen LogP contribution in [-0.4, -0.2) is 46.6 Å². The van der Waals surface area contributed by atoms with Crippen LogP contribution in [0.15, 0.2) is 60.7 Å². The first-order valence-electron chi connectivity index (χ1n) is 9.46. The lowest BCUT2D eigenvalue weighted by molar-refractivity contribution is -0.131. The molecular formula is C22H27NO3S.